The van der Waals surface area contributed by atoms with Crippen LogP contribution in [0.2, 0.25) is 0 Å². The van der Waals surface area contributed by atoms with Gasteiger partial charge in [0.1, 0.15) is 28.8 Å². The molecule has 0 radical (unpaired) electrons. The maximum absolute atomic E-state index is 14.0. The smallest absolute Gasteiger partial charge is 0.493 e. The van der Waals surface area contributed by atoms with Gasteiger partial charge in [-0.25, -0.2) is 0 Å². The van der Waals surface area contributed by atoms with E-state index < -0.39 is 70.6 Å². The Kier molecular flexibility index (Phi) is 11.6. The molecule has 4 atom stereocenters. The Morgan fingerprint density at radius 3 is 1.59 bits per heavy atom. The molecule has 4 aliphatic rings. The summed E-state index contributed by atoms with van der Waals surface area (Å²) in [5.41, 5.74) is -11.1. The first-order chi connectivity index (χ1) is 27.2. The van der Waals surface area contributed by atoms with E-state index >= 15 is 0 Å². The van der Waals surface area contributed by atoms with E-state index in [9.17, 15) is 52.8 Å². The number of Topliss-reactive ketones (excluding diaryl/α,β-unsaturated/α-hetero) is 2. The zero-order chi connectivity index (χ0) is 43.5. The van der Waals surface area contributed by atoms with Gasteiger partial charge in [0.05, 0.1) is 24.3 Å². The number of oxime groups is 2. The molecule has 4 bridgehead atoms. The minimum absolute atomic E-state index is 0.00957. The van der Waals surface area contributed by atoms with Crippen LogP contribution in [0.25, 0.3) is 0 Å². The van der Waals surface area contributed by atoms with Gasteiger partial charge in [0.2, 0.25) is 0 Å². The van der Waals surface area contributed by atoms with Crippen LogP contribution < -0.4 is 9.47 Å². The Labute approximate surface area is 337 Å². The number of alkyl halides is 6. The molecule has 20 heteroatoms. The summed E-state index contributed by atoms with van der Waals surface area (Å²) in [5.74, 6) is -0.496. The number of hydrogen-bond donors (Lipinski definition) is 0. The Morgan fingerprint density at radius 1 is 0.695 bits per heavy atom. The summed E-state index contributed by atoms with van der Waals surface area (Å²) in [7, 11) is -10.7. The molecular formula is C39H44F6N2O10S2. The Balaban J connectivity index is 1.04. The number of ketones is 2. The third-order valence-corrected chi connectivity index (χ3v) is 15.3. The van der Waals surface area contributed by atoms with Gasteiger partial charge >= 0.3 is 31.9 Å². The van der Waals surface area contributed by atoms with Gasteiger partial charge in [0, 0.05) is 36.7 Å². The highest BCUT2D eigenvalue weighted by Crippen LogP contribution is 2.66. The van der Waals surface area contributed by atoms with Crippen molar-refractivity contribution < 1.29 is 70.8 Å². The van der Waals surface area contributed by atoms with E-state index in [0.29, 0.717) is 37.9 Å². The van der Waals surface area contributed by atoms with Crippen LogP contribution in [0.4, 0.5) is 26.3 Å². The molecule has 0 aliphatic heterocycles. The van der Waals surface area contributed by atoms with Crippen LogP contribution in [0.15, 0.2) is 58.8 Å². The number of carbonyl (C=O) groups is 2. The lowest BCUT2D eigenvalue weighted by atomic mass is 9.65. The van der Waals surface area contributed by atoms with E-state index in [2.05, 4.69) is 18.9 Å². The molecule has 4 fully saturated rings. The van der Waals surface area contributed by atoms with E-state index in [-0.39, 0.29) is 66.5 Å². The van der Waals surface area contributed by atoms with Crippen molar-refractivity contribution in [2.75, 3.05) is 19.0 Å². The molecule has 324 valence electrons. The Morgan fingerprint density at radius 2 is 1.17 bits per heavy atom. The van der Waals surface area contributed by atoms with Crippen molar-refractivity contribution in [3.05, 3.63) is 59.7 Å². The molecule has 12 nitrogen and oxygen atoms in total. The highest BCUT2D eigenvalue weighted by Gasteiger charge is 2.66. The van der Waals surface area contributed by atoms with Crippen LogP contribution in [0.3, 0.4) is 0 Å². The highest BCUT2D eigenvalue weighted by molar-refractivity contribution is 7.87. The first kappa shape index (κ1) is 44.4. The van der Waals surface area contributed by atoms with Crippen molar-refractivity contribution in [1.29, 1.82) is 0 Å². The van der Waals surface area contributed by atoms with E-state index in [1.165, 1.54) is 36.4 Å². The molecule has 4 aliphatic carbocycles. The average molecular weight is 879 g/mol. The van der Waals surface area contributed by atoms with E-state index in [4.69, 9.17) is 9.47 Å². The highest BCUT2D eigenvalue weighted by atomic mass is 32.2. The second kappa shape index (κ2) is 15.4. The van der Waals surface area contributed by atoms with Crippen molar-refractivity contribution in [1.82, 2.24) is 0 Å². The van der Waals surface area contributed by atoms with E-state index in [1.54, 1.807) is 13.8 Å². The maximum atomic E-state index is 14.0. The fourth-order valence-corrected chi connectivity index (χ4v) is 11.3. The van der Waals surface area contributed by atoms with Crippen molar-refractivity contribution in [3.63, 3.8) is 0 Å². The standard InChI is InChI=1S/C39H44F6N2O10S2/c1-34(2)26-14-16-36(34,31(48)20-26)22-30(46-57-59(52,53)39(43,44)45)24-6-10-28(11-7-24)54-18-5-19-55-29-12-8-25(9-13-29)33(38(40,41)42)47-56-58(50,51)23-37-17-15-27(21-32(37)49)35(37,3)4/h6-13,26-27H,5,14-23H2,1-4H3/b46-30+,47-33-. The van der Waals surface area contributed by atoms with Crippen molar-refractivity contribution in [2.45, 2.75) is 90.7 Å². The lowest BCUT2D eigenvalue weighted by Crippen LogP contribution is -2.42. The number of carbonyl (C=O) groups excluding carboxylic acids is 2. The van der Waals surface area contributed by atoms with Gasteiger partial charge < -0.3 is 9.47 Å². The first-order valence-electron chi connectivity index (χ1n) is 18.9. The minimum atomic E-state index is -6.06. The second-order valence-corrected chi connectivity index (χ2v) is 19.9. The van der Waals surface area contributed by atoms with Crippen LogP contribution in [-0.2, 0) is 38.4 Å². The molecule has 6 rings (SSSR count). The van der Waals surface area contributed by atoms with E-state index in [0.717, 1.165) is 18.6 Å². The van der Waals surface area contributed by atoms with Gasteiger partial charge in [0.25, 0.3) is 0 Å². The zero-order valence-corrected chi connectivity index (χ0v) is 34.2. The van der Waals surface area contributed by atoms with Crippen molar-refractivity contribution in [2.24, 2.45) is 43.8 Å². The lowest BCUT2D eigenvalue weighted by Gasteiger charge is -2.36. The van der Waals surface area contributed by atoms with Gasteiger partial charge in [0.15, 0.2) is 5.71 Å². The molecule has 0 saturated heterocycles. The van der Waals surface area contributed by atoms with Crippen LogP contribution in [-0.4, -0.2) is 70.5 Å². The summed E-state index contributed by atoms with van der Waals surface area (Å²) in [6.07, 6.45) is -2.26. The number of ether oxygens (including phenoxy) is 2. The van der Waals surface area contributed by atoms with Crippen LogP contribution in [0, 0.1) is 33.5 Å². The third kappa shape index (κ3) is 8.31. The van der Waals surface area contributed by atoms with Crippen LogP contribution in [0.1, 0.15) is 90.2 Å². The molecule has 0 spiro atoms. The lowest BCUT2D eigenvalue weighted by molar-refractivity contribution is -0.129. The summed E-state index contributed by atoms with van der Waals surface area (Å²) >= 11 is 0. The first-order valence-corrected chi connectivity index (χ1v) is 21.9. The number of benzene rings is 2. The summed E-state index contributed by atoms with van der Waals surface area (Å²) < 4.78 is 150. The maximum Gasteiger partial charge on any atom is 0.536 e. The van der Waals surface area contributed by atoms with Gasteiger partial charge in [-0.1, -0.05) is 38.0 Å². The molecule has 4 saturated carbocycles. The number of halogens is 6. The number of rotatable bonds is 16. The number of nitrogens with zero attached hydrogens (tertiary/aromatic N) is 2. The molecule has 0 N–H and O–H groups in total. The molecule has 59 heavy (non-hydrogen) atoms. The van der Waals surface area contributed by atoms with Gasteiger partial charge in [-0.05, 0) is 102 Å². The summed E-state index contributed by atoms with van der Waals surface area (Å²) in [5, 5.41) is 6.43. The topological polar surface area (TPSA) is 164 Å². The molecule has 2 aromatic rings. The third-order valence-electron chi connectivity index (χ3n) is 13.4. The summed E-state index contributed by atoms with van der Waals surface area (Å²) in [6, 6.07) is 10.4. The molecule has 4 unspecified atom stereocenters. The number of fused-ring (bicyclic) bond motifs is 4. The molecule has 0 aromatic heterocycles. The minimum Gasteiger partial charge on any atom is -0.493 e. The quantitative estimate of drug-likeness (QED) is 0.0533. The van der Waals surface area contributed by atoms with E-state index in [1.807, 2.05) is 13.8 Å². The van der Waals surface area contributed by atoms with Crippen molar-refractivity contribution >= 4 is 43.2 Å². The molecular weight excluding hydrogens is 835 g/mol. The van der Waals surface area contributed by atoms with Crippen LogP contribution in [0.5, 0.6) is 11.5 Å². The average Bonchev–Trinajstić information content (AvgIpc) is 3.66. The predicted molar refractivity (Wildman–Crippen MR) is 200 cm³/mol. The fraction of sp³-hybridized carbons (Fsp3) is 0.590. The van der Waals surface area contributed by atoms with Gasteiger partial charge in [-0.3, -0.25) is 18.2 Å². The summed E-state index contributed by atoms with van der Waals surface area (Å²) in [6.45, 7) is 7.56. The normalized spacial score (nSPS) is 26.7. The summed E-state index contributed by atoms with van der Waals surface area (Å²) in [4.78, 5) is 25.9. The number of hydrogen-bond acceptors (Lipinski definition) is 12. The molecule has 0 heterocycles. The van der Waals surface area contributed by atoms with Gasteiger partial charge in [-0.2, -0.15) is 43.2 Å². The predicted octanol–water partition coefficient (Wildman–Crippen LogP) is 7.90. The largest absolute Gasteiger partial charge is 0.536 e. The monoisotopic (exact) mass is 878 g/mol. The Hall–Kier alpha value is -4.20. The zero-order valence-electron chi connectivity index (χ0n) is 32.6. The molecule has 0 amide bonds. The Bertz CT molecular complexity index is 2240. The fourth-order valence-electron chi connectivity index (χ4n) is 9.48. The second-order valence-electron chi connectivity index (χ2n) is 16.8. The molecule has 2 aromatic carbocycles. The van der Waals surface area contributed by atoms with Crippen molar-refractivity contribution in [3.8, 4) is 11.5 Å². The van der Waals surface area contributed by atoms with Gasteiger partial charge in [-0.15, -0.1) is 0 Å². The van der Waals surface area contributed by atoms with Crippen LogP contribution >= 0.6 is 0 Å². The SMILES string of the molecule is CC1(C)C2CCC1(C/C(=N\OS(=O)(=O)C(F)(F)F)c1ccc(OCCCOc3ccc(/C(=N/OS(=O)(=O)CC45CCC(CC4=O)C5(C)C)C(F)(F)F)cc3)cc1)C(=O)C2.